The first kappa shape index (κ1) is 28.3. The number of ether oxygens (including phenoxy) is 1. The molecule has 206 valence electrons. The van der Waals surface area contributed by atoms with Gasteiger partial charge in [-0.3, -0.25) is 14.3 Å². The van der Waals surface area contributed by atoms with Crippen LogP contribution in [0.2, 0.25) is 0 Å². The zero-order valence-corrected chi connectivity index (χ0v) is 22.5. The van der Waals surface area contributed by atoms with E-state index in [0.29, 0.717) is 5.56 Å². The molecule has 1 unspecified atom stereocenters. The molecule has 4 aromatic rings. The van der Waals surface area contributed by atoms with Gasteiger partial charge in [0, 0.05) is 19.3 Å². The molecule has 10 heteroatoms. The summed E-state index contributed by atoms with van der Waals surface area (Å²) in [7, 11) is -2.41. The molecule has 4 rings (SSSR count). The van der Waals surface area contributed by atoms with Crippen molar-refractivity contribution >= 4 is 27.5 Å². The molecule has 4 aromatic carbocycles. The van der Waals surface area contributed by atoms with Gasteiger partial charge < -0.3 is 15.0 Å². The predicted molar refractivity (Wildman–Crippen MR) is 149 cm³/mol. The number of nitrogens with one attached hydrogen (secondary N) is 2. The molecule has 1 atom stereocenters. The maximum absolute atomic E-state index is 13.5. The van der Waals surface area contributed by atoms with E-state index in [9.17, 15) is 22.4 Å². The van der Waals surface area contributed by atoms with Gasteiger partial charge in [-0.1, -0.05) is 60.7 Å². The first-order valence-corrected chi connectivity index (χ1v) is 13.9. The molecule has 0 saturated carbocycles. The minimum absolute atomic E-state index is 0.0371. The second-order valence-electron chi connectivity index (χ2n) is 8.81. The normalized spacial score (nSPS) is 11.8. The van der Waals surface area contributed by atoms with Crippen molar-refractivity contribution in [1.29, 1.82) is 0 Å². The van der Waals surface area contributed by atoms with Crippen LogP contribution >= 0.6 is 0 Å². The van der Waals surface area contributed by atoms with Crippen LogP contribution in [0, 0.1) is 5.82 Å². The van der Waals surface area contributed by atoms with Gasteiger partial charge in [-0.05, 0) is 59.7 Å². The van der Waals surface area contributed by atoms with Crippen molar-refractivity contribution in [3.05, 3.63) is 126 Å². The number of halogens is 1. The number of nitrogens with zero attached hydrogens (tertiary/aromatic N) is 1. The van der Waals surface area contributed by atoms with E-state index < -0.39 is 27.8 Å². The summed E-state index contributed by atoms with van der Waals surface area (Å²) in [5.41, 5.74) is 1.70. The zero-order chi connectivity index (χ0) is 28.5. The summed E-state index contributed by atoms with van der Waals surface area (Å²) in [6.45, 7) is -0.213. The molecule has 0 aliphatic heterocycles. The van der Waals surface area contributed by atoms with Crippen LogP contribution in [-0.4, -0.2) is 38.8 Å². The monoisotopic (exact) mass is 561 g/mol. The number of hydrogen-bond acceptors (Lipinski definition) is 5. The quantitative estimate of drug-likeness (QED) is 0.280. The van der Waals surface area contributed by atoms with Crippen molar-refractivity contribution in [2.75, 3.05) is 18.4 Å². The molecule has 0 fully saturated rings. The predicted octanol–water partition coefficient (Wildman–Crippen LogP) is 4.52. The Morgan fingerprint density at radius 2 is 1.45 bits per heavy atom. The van der Waals surface area contributed by atoms with E-state index >= 15 is 0 Å². The topological polar surface area (TPSA) is 105 Å². The Hall–Kier alpha value is -4.70. The van der Waals surface area contributed by atoms with E-state index in [-0.39, 0.29) is 35.4 Å². The molecule has 40 heavy (non-hydrogen) atoms. The summed E-state index contributed by atoms with van der Waals surface area (Å²) in [6.07, 6.45) is 0. The van der Waals surface area contributed by atoms with Gasteiger partial charge in [0.2, 0.25) is 5.91 Å². The summed E-state index contributed by atoms with van der Waals surface area (Å²) < 4.78 is 46.6. The van der Waals surface area contributed by atoms with Gasteiger partial charge in [0.05, 0.1) is 4.90 Å². The zero-order valence-electron chi connectivity index (χ0n) is 21.7. The Labute approximate surface area is 232 Å². The minimum Gasteiger partial charge on any atom is -0.484 e. The molecule has 0 saturated heterocycles. The van der Waals surface area contributed by atoms with Gasteiger partial charge in [0.1, 0.15) is 17.6 Å². The molecule has 0 aromatic heterocycles. The number of hydrogen-bond donors (Lipinski definition) is 2. The highest BCUT2D eigenvalue weighted by Gasteiger charge is 2.31. The number of anilines is 1. The van der Waals surface area contributed by atoms with Crippen molar-refractivity contribution < 1.29 is 27.1 Å². The van der Waals surface area contributed by atoms with Crippen LogP contribution in [0.3, 0.4) is 0 Å². The number of benzene rings is 4. The second kappa shape index (κ2) is 12.9. The van der Waals surface area contributed by atoms with Crippen molar-refractivity contribution in [1.82, 2.24) is 10.2 Å². The number of likely N-dealkylation sites (N-methyl/N-ethyl adjacent to an activating group) is 1. The fraction of sp³-hybridized carbons (Fsp3) is 0.133. The van der Waals surface area contributed by atoms with Gasteiger partial charge >= 0.3 is 0 Å². The van der Waals surface area contributed by atoms with Crippen LogP contribution in [0.15, 0.2) is 114 Å². The Kier molecular flexibility index (Phi) is 9.13. The van der Waals surface area contributed by atoms with E-state index in [0.717, 1.165) is 17.7 Å². The summed E-state index contributed by atoms with van der Waals surface area (Å²) in [6, 6.07) is 27.9. The fourth-order valence-electron chi connectivity index (χ4n) is 4.02. The van der Waals surface area contributed by atoms with Crippen molar-refractivity contribution in [3.8, 4) is 5.75 Å². The molecule has 0 heterocycles. The lowest BCUT2D eigenvalue weighted by Crippen LogP contribution is -2.44. The van der Waals surface area contributed by atoms with Gasteiger partial charge in [0.15, 0.2) is 6.61 Å². The molecule has 0 aliphatic rings. The highest BCUT2D eigenvalue weighted by Crippen LogP contribution is 2.25. The Morgan fingerprint density at radius 1 is 0.850 bits per heavy atom. The van der Waals surface area contributed by atoms with Crippen LogP contribution in [0.1, 0.15) is 17.2 Å². The van der Waals surface area contributed by atoms with E-state index in [1.807, 2.05) is 36.4 Å². The Balaban J connectivity index is 1.50. The van der Waals surface area contributed by atoms with Crippen LogP contribution in [0.4, 0.5) is 10.1 Å². The van der Waals surface area contributed by atoms with Crippen molar-refractivity contribution in [3.63, 3.8) is 0 Å². The third-order valence-electron chi connectivity index (χ3n) is 6.03. The van der Waals surface area contributed by atoms with Crippen LogP contribution < -0.4 is 14.8 Å². The average Bonchev–Trinajstić information content (AvgIpc) is 2.98. The van der Waals surface area contributed by atoms with Crippen molar-refractivity contribution in [2.45, 2.75) is 17.5 Å². The molecule has 0 aliphatic carbocycles. The third kappa shape index (κ3) is 7.23. The van der Waals surface area contributed by atoms with Crippen molar-refractivity contribution in [2.24, 2.45) is 0 Å². The van der Waals surface area contributed by atoms with Crippen LogP contribution in [-0.2, 0) is 26.2 Å². The van der Waals surface area contributed by atoms with E-state index in [2.05, 4.69) is 10.0 Å². The van der Waals surface area contributed by atoms with Gasteiger partial charge in [-0.25, -0.2) is 12.8 Å². The molecular formula is C30H28FN3O5S. The average molecular weight is 562 g/mol. The van der Waals surface area contributed by atoms with Gasteiger partial charge in [0.25, 0.3) is 15.9 Å². The maximum atomic E-state index is 13.5. The molecular weight excluding hydrogens is 533 g/mol. The summed E-state index contributed by atoms with van der Waals surface area (Å²) >= 11 is 0. The number of carbonyl (C=O) groups excluding carboxylic acids is 2. The Morgan fingerprint density at radius 3 is 2.05 bits per heavy atom. The first-order chi connectivity index (χ1) is 19.3. The summed E-state index contributed by atoms with van der Waals surface area (Å²) in [4.78, 5) is 27.9. The lowest BCUT2D eigenvalue weighted by molar-refractivity contribution is -0.143. The van der Waals surface area contributed by atoms with E-state index in [1.165, 1.54) is 48.3 Å². The first-order valence-electron chi connectivity index (χ1n) is 12.4. The largest absolute Gasteiger partial charge is 0.484 e. The molecule has 0 bridgehead atoms. The number of carbonyl (C=O) groups is 2. The molecule has 0 spiro atoms. The molecule has 2 amide bonds. The van der Waals surface area contributed by atoms with E-state index in [4.69, 9.17) is 4.74 Å². The lowest BCUT2D eigenvalue weighted by Gasteiger charge is -2.31. The smallest absolute Gasteiger partial charge is 0.261 e. The Bertz CT molecular complexity index is 1530. The second-order valence-corrected chi connectivity index (χ2v) is 10.5. The fourth-order valence-corrected chi connectivity index (χ4v) is 5.08. The highest BCUT2D eigenvalue weighted by molar-refractivity contribution is 7.92. The lowest BCUT2D eigenvalue weighted by atomic mass is 10.0. The van der Waals surface area contributed by atoms with Gasteiger partial charge in [-0.15, -0.1) is 0 Å². The SMILES string of the molecule is CNC(=O)C(c1ccccc1)N(Cc1ccccc1)C(=O)COc1ccc(S(=O)(=O)Nc2ccc(F)cc2)cc1. The summed E-state index contributed by atoms with van der Waals surface area (Å²) in [5, 5.41) is 2.64. The van der Waals surface area contributed by atoms with Crippen LogP contribution in [0.25, 0.3) is 0 Å². The third-order valence-corrected chi connectivity index (χ3v) is 7.43. The highest BCUT2D eigenvalue weighted by atomic mass is 32.2. The number of rotatable bonds is 11. The molecule has 0 radical (unpaired) electrons. The van der Waals surface area contributed by atoms with E-state index in [1.54, 1.807) is 24.3 Å². The minimum atomic E-state index is -3.92. The summed E-state index contributed by atoms with van der Waals surface area (Å²) in [5.74, 6) is -0.994. The molecule has 2 N–H and O–H groups in total. The maximum Gasteiger partial charge on any atom is 0.261 e. The number of amides is 2. The molecule has 8 nitrogen and oxygen atoms in total. The van der Waals surface area contributed by atoms with Gasteiger partial charge in [-0.2, -0.15) is 0 Å². The van der Waals surface area contributed by atoms with Crippen LogP contribution in [0.5, 0.6) is 5.75 Å². The number of sulfonamides is 1. The standard InChI is InChI=1S/C30H28FN3O5S/c1-32-30(36)29(23-10-6-3-7-11-23)34(20-22-8-4-2-5-9-22)28(35)21-39-26-16-18-27(19-17-26)40(37,38)33-25-14-12-24(31)13-15-25/h2-19,29,33H,20-21H2,1H3,(H,32,36).